The summed E-state index contributed by atoms with van der Waals surface area (Å²) in [6.45, 7) is 9.58. The fourth-order valence-electron chi connectivity index (χ4n) is 3.84. The normalized spacial score (nSPS) is 15.6. The van der Waals surface area contributed by atoms with Crippen molar-refractivity contribution < 1.29 is 9.47 Å². The summed E-state index contributed by atoms with van der Waals surface area (Å²) in [6.07, 6.45) is 4.34. The van der Waals surface area contributed by atoms with Crippen molar-refractivity contribution >= 4 is 17.0 Å². The second-order valence-corrected chi connectivity index (χ2v) is 7.81. The number of aromatic amines is 1. The van der Waals surface area contributed by atoms with E-state index in [1.807, 2.05) is 13.0 Å². The highest BCUT2D eigenvalue weighted by atomic mass is 16.5. The van der Waals surface area contributed by atoms with Gasteiger partial charge >= 0.3 is 11.7 Å². The van der Waals surface area contributed by atoms with Crippen molar-refractivity contribution in [2.75, 3.05) is 18.9 Å². The largest absolute Gasteiger partial charge is 0.493 e. The van der Waals surface area contributed by atoms with Gasteiger partial charge in [-0.1, -0.05) is 26.0 Å². The molecule has 1 atom stereocenters. The summed E-state index contributed by atoms with van der Waals surface area (Å²) < 4.78 is 13.1. The number of allylic oxidation sites excluding steroid dienone is 1. The molecule has 0 aliphatic carbocycles. The van der Waals surface area contributed by atoms with E-state index >= 15 is 0 Å². The predicted octanol–water partition coefficient (Wildman–Crippen LogP) is 2.84. The first kappa shape index (κ1) is 20.0. The molecule has 1 aliphatic heterocycles. The van der Waals surface area contributed by atoms with Crippen molar-refractivity contribution in [3.8, 4) is 11.8 Å². The molecule has 30 heavy (non-hydrogen) atoms. The third-order valence-electron chi connectivity index (χ3n) is 5.15. The van der Waals surface area contributed by atoms with E-state index in [1.54, 1.807) is 4.57 Å². The second kappa shape index (κ2) is 8.22. The molecular weight excluding hydrogens is 382 g/mol. The average Bonchev–Trinajstić information content (AvgIpc) is 3.02. The summed E-state index contributed by atoms with van der Waals surface area (Å²) in [5.41, 5.74) is 9.85. The quantitative estimate of drug-likeness (QED) is 0.581. The molecule has 0 saturated heterocycles. The molecule has 0 saturated carbocycles. The minimum atomic E-state index is -0.286. The van der Waals surface area contributed by atoms with Crippen molar-refractivity contribution in [1.29, 1.82) is 0 Å². The molecular formula is C22H27N5O3. The molecule has 1 aliphatic rings. The number of rotatable bonds is 7. The van der Waals surface area contributed by atoms with Crippen LogP contribution < -0.4 is 20.9 Å². The van der Waals surface area contributed by atoms with E-state index in [4.69, 9.17) is 15.2 Å². The highest BCUT2D eigenvalue weighted by molar-refractivity contribution is 5.82. The molecule has 0 fully saturated rings. The van der Waals surface area contributed by atoms with Gasteiger partial charge in [-0.2, -0.15) is 9.97 Å². The fraction of sp³-hybridized carbons (Fsp3) is 0.409. The van der Waals surface area contributed by atoms with Gasteiger partial charge in [-0.15, -0.1) is 6.58 Å². The van der Waals surface area contributed by atoms with E-state index in [-0.39, 0.29) is 17.5 Å². The Morgan fingerprint density at radius 3 is 3.03 bits per heavy atom. The number of nitrogens with two attached hydrogens (primary N) is 1. The topological polar surface area (TPSA) is 108 Å². The Labute approximate surface area is 174 Å². The molecule has 3 aromatic rings. The van der Waals surface area contributed by atoms with Gasteiger partial charge in [0.05, 0.1) is 19.8 Å². The van der Waals surface area contributed by atoms with Crippen LogP contribution in [0.1, 0.15) is 37.0 Å². The first-order valence-corrected chi connectivity index (χ1v) is 10.3. The van der Waals surface area contributed by atoms with Crippen LogP contribution in [0, 0.1) is 5.92 Å². The average molecular weight is 409 g/mol. The van der Waals surface area contributed by atoms with Crippen LogP contribution in [-0.2, 0) is 19.4 Å². The number of nitrogen functional groups attached to an aromatic ring is 1. The predicted molar refractivity (Wildman–Crippen MR) is 116 cm³/mol. The standard InChI is InChI=1S/C22H27N5O3/c1-4-6-15-9-14(10-16-8-13(3)12-30-18(15)16)11-27-20-17(24-22(27)28)19(23)25-21(26-20)29-7-5-2/h4,9-10,13H,1,5-8,11-12H2,2-3H3,(H,24,28)(H2,23,25,26). The Morgan fingerprint density at radius 1 is 1.43 bits per heavy atom. The molecule has 0 bridgehead atoms. The first-order valence-electron chi connectivity index (χ1n) is 10.3. The number of nitrogens with one attached hydrogen (secondary N) is 1. The first-order chi connectivity index (χ1) is 14.5. The molecule has 8 heteroatoms. The minimum Gasteiger partial charge on any atom is -0.493 e. The Kier molecular flexibility index (Phi) is 5.48. The lowest BCUT2D eigenvalue weighted by Gasteiger charge is -2.25. The van der Waals surface area contributed by atoms with E-state index in [0.717, 1.165) is 41.9 Å². The lowest BCUT2D eigenvalue weighted by Crippen LogP contribution is -2.21. The SMILES string of the molecule is C=CCc1cc(Cn2c(=O)[nH]c3c(N)nc(OCCC)nc32)cc2c1OCC(C)C2. The zero-order valence-corrected chi connectivity index (χ0v) is 17.4. The van der Waals surface area contributed by atoms with Gasteiger partial charge in [-0.25, -0.2) is 4.79 Å². The molecule has 0 spiro atoms. The van der Waals surface area contributed by atoms with Gasteiger partial charge in [0.25, 0.3) is 0 Å². The molecule has 0 radical (unpaired) electrons. The van der Waals surface area contributed by atoms with E-state index in [2.05, 4.69) is 40.6 Å². The monoisotopic (exact) mass is 409 g/mol. The zero-order chi connectivity index (χ0) is 21.3. The van der Waals surface area contributed by atoms with Gasteiger partial charge in [0.1, 0.15) is 11.3 Å². The fourth-order valence-corrected chi connectivity index (χ4v) is 3.84. The Bertz CT molecular complexity index is 1150. The smallest absolute Gasteiger partial charge is 0.328 e. The summed E-state index contributed by atoms with van der Waals surface area (Å²) in [5, 5.41) is 0. The lowest BCUT2D eigenvalue weighted by atomic mass is 9.93. The number of hydrogen-bond donors (Lipinski definition) is 2. The van der Waals surface area contributed by atoms with Crippen LogP contribution in [-0.4, -0.2) is 32.7 Å². The molecule has 8 nitrogen and oxygen atoms in total. The Balaban J connectivity index is 1.77. The molecule has 0 amide bonds. The third-order valence-corrected chi connectivity index (χ3v) is 5.15. The number of benzene rings is 1. The van der Waals surface area contributed by atoms with Crippen LogP contribution in [0.3, 0.4) is 0 Å². The molecule has 3 heterocycles. The van der Waals surface area contributed by atoms with Crippen LogP contribution in [0.5, 0.6) is 11.8 Å². The maximum atomic E-state index is 12.7. The number of hydrogen-bond acceptors (Lipinski definition) is 6. The minimum absolute atomic E-state index is 0.176. The maximum absolute atomic E-state index is 12.7. The van der Waals surface area contributed by atoms with Gasteiger partial charge in [-0.3, -0.25) is 4.57 Å². The van der Waals surface area contributed by atoms with E-state index in [9.17, 15) is 4.79 Å². The van der Waals surface area contributed by atoms with E-state index in [1.165, 1.54) is 0 Å². The number of fused-ring (bicyclic) bond motifs is 2. The van der Waals surface area contributed by atoms with Crippen LogP contribution >= 0.6 is 0 Å². The Hall–Kier alpha value is -3.29. The number of ether oxygens (including phenoxy) is 2. The molecule has 2 aromatic heterocycles. The van der Waals surface area contributed by atoms with Crippen molar-refractivity contribution in [3.05, 3.63) is 52.0 Å². The summed E-state index contributed by atoms with van der Waals surface area (Å²) in [4.78, 5) is 24.0. The van der Waals surface area contributed by atoms with Gasteiger partial charge in [0.15, 0.2) is 11.5 Å². The summed E-state index contributed by atoms with van der Waals surface area (Å²) >= 11 is 0. The molecule has 4 rings (SSSR count). The maximum Gasteiger partial charge on any atom is 0.328 e. The lowest BCUT2D eigenvalue weighted by molar-refractivity contribution is 0.232. The van der Waals surface area contributed by atoms with E-state index < -0.39 is 0 Å². The van der Waals surface area contributed by atoms with Gasteiger partial charge in [0, 0.05) is 0 Å². The van der Waals surface area contributed by atoms with E-state index in [0.29, 0.717) is 36.7 Å². The van der Waals surface area contributed by atoms with Crippen LogP contribution in [0.25, 0.3) is 11.2 Å². The van der Waals surface area contributed by atoms with Gasteiger partial charge in [-0.05, 0) is 47.9 Å². The van der Waals surface area contributed by atoms with Crippen molar-refractivity contribution in [2.45, 2.75) is 39.7 Å². The number of H-pyrrole nitrogens is 1. The summed E-state index contributed by atoms with van der Waals surface area (Å²) in [6, 6.07) is 4.36. The number of aromatic nitrogens is 4. The molecule has 3 N–H and O–H groups in total. The highest BCUT2D eigenvalue weighted by Gasteiger charge is 2.21. The van der Waals surface area contributed by atoms with Crippen LogP contribution in [0.15, 0.2) is 29.6 Å². The van der Waals surface area contributed by atoms with Crippen LogP contribution in [0.4, 0.5) is 5.82 Å². The number of imidazole rings is 1. The van der Waals surface area contributed by atoms with Crippen molar-refractivity contribution in [1.82, 2.24) is 19.5 Å². The molecule has 1 aromatic carbocycles. The second-order valence-electron chi connectivity index (χ2n) is 7.81. The summed E-state index contributed by atoms with van der Waals surface area (Å²) in [7, 11) is 0. The molecule has 158 valence electrons. The van der Waals surface area contributed by atoms with Crippen molar-refractivity contribution in [2.24, 2.45) is 5.92 Å². The Morgan fingerprint density at radius 2 is 2.27 bits per heavy atom. The molecule has 1 unspecified atom stereocenters. The zero-order valence-electron chi connectivity index (χ0n) is 17.4. The van der Waals surface area contributed by atoms with Crippen molar-refractivity contribution in [3.63, 3.8) is 0 Å². The van der Waals surface area contributed by atoms with Gasteiger partial charge < -0.3 is 20.2 Å². The number of nitrogens with zero attached hydrogens (tertiary/aromatic N) is 3. The third kappa shape index (κ3) is 3.77. The summed E-state index contributed by atoms with van der Waals surface area (Å²) in [5.74, 6) is 1.60. The number of anilines is 1. The van der Waals surface area contributed by atoms with Gasteiger partial charge in [0.2, 0.25) is 0 Å². The van der Waals surface area contributed by atoms with Crippen LogP contribution in [0.2, 0.25) is 0 Å². The highest BCUT2D eigenvalue weighted by Crippen LogP contribution is 2.33.